The van der Waals surface area contributed by atoms with Gasteiger partial charge in [-0.3, -0.25) is 10.1 Å². The molecule has 0 spiro atoms. The zero-order valence-corrected chi connectivity index (χ0v) is 10.9. The molecule has 1 saturated carbocycles. The molecule has 5 heteroatoms. The average molecular weight is 261 g/mol. The maximum absolute atomic E-state index is 11.3. The van der Waals surface area contributed by atoms with Gasteiger partial charge in [-0.2, -0.15) is 0 Å². The molecule has 1 aliphatic carbocycles. The van der Waals surface area contributed by atoms with Crippen molar-refractivity contribution in [1.82, 2.24) is 10.6 Å². The van der Waals surface area contributed by atoms with E-state index in [0.717, 1.165) is 12.3 Å². The van der Waals surface area contributed by atoms with Crippen molar-refractivity contribution in [2.24, 2.45) is 5.92 Å². The topological polar surface area (TPSA) is 58.2 Å². The molecule has 0 aromatic carbocycles. The number of hydrogen-bond donors (Lipinski definition) is 2. The van der Waals surface area contributed by atoms with E-state index in [4.69, 9.17) is 11.6 Å². The Morgan fingerprint density at radius 2 is 1.88 bits per heavy atom. The van der Waals surface area contributed by atoms with E-state index in [1.165, 1.54) is 32.1 Å². The molecule has 1 rings (SSSR count). The first-order valence-corrected chi connectivity index (χ1v) is 6.89. The number of carbonyl (C=O) groups excluding carboxylic acids is 2. The minimum Gasteiger partial charge on any atom is -0.338 e. The van der Waals surface area contributed by atoms with Gasteiger partial charge in [0.2, 0.25) is 5.91 Å². The Balaban J connectivity index is 2.05. The minimum absolute atomic E-state index is 0.178. The number of urea groups is 1. The molecular weight excluding hydrogens is 240 g/mol. The van der Waals surface area contributed by atoms with Crippen LogP contribution in [0.5, 0.6) is 0 Å². The number of alkyl halides is 1. The van der Waals surface area contributed by atoms with E-state index < -0.39 is 6.03 Å². The molecule has 2 N–H and O–H groups in total. The molecule has 0 bridgehead atoms. The van der Waals surface area contributed by atoms with Gasteiger partial charge in [0.05, 0.1) is 0 Å². The van der Waals surface area contributed by atoms with Gasteiger partial charge >= 0.3 is 6.03 Å². The molecule has 4 nitrogen and oxygen atoms in total. The summed E-state index contributed by atoms with van der Waals surface area (Å²) in [6.45, 7) is 0.644. The van der Waals surface area contributed by atoms with Gasteiger partial charge in [-0.1, -0.05) is 32.1 Å². The number of carbonyl (C=O) groups is 2. The van der Waals surface area contributed by atoms with Crippen molar-refractivity contribution >= 4 is 23.5 Å². The summed E-state index contributed by atoms with van der Waals surface area (Å²) in [5.74, 6) is 0.652. The van der Waals surface area contributed by atoms with E-state index in [2.05, 4.69) is 10.6 Å². The third-order valence-electron chi connectivity index (χ3n) is 3.14. The number of hydrogen-bond acceptors (Lipinski definition) is 2. The SMILES string of the molecule is O=C(CCCl)NC(=O)NCCC1CCCCC1. The van der Waals surface area contributed by atoms with Crippen LogP contribution < -0.4 is 10.6 Å². The summed E-state index contributed by atoms with van der Waals surface area (Å²) in [5, 5.41) is 4.95. The van der Waals surface area contributed by atoms with Crippen molar-refractivity contribution < 1.29 is 9.59 Å². The second kappa shape index (κ2) is 8.34. The average Bonchev–Trinajstić information content (AvgIpc) is 2.30. The molecule has 98 valence electrons. The summed E-state index contributed by atoms with van der Waals surface area (Å²) in [5.41, 5.74) is 0. The second-order valence-corrected chi connectivity index (χ2v) is 4.91. The number of rotatable bonds is 5. The van der Waals surface area contributed by atoms with Crippen molar-refractivity contribution in [2.75, 3.05) is 12.4 Å². The normalized spacial score (nSPS) is 16.5. The Morgan fingerprint density at radius 1 is 1.18 bits per heavy atom. The summed E-state index contributed by atoms with van der Waals surface area (Å²) >= 11 is 5.39. The lowest BCUT2D eigenvalue weighted by Gasteiger charge is -2.21. The number of amides is 3. The maximum atomic E-state index is 11.3. The molecule has 0 aromatic rings. The van der Waals surface area contributed by atoms with E-state index in [0.29, 0.717) is 6.54 Å². The van der Waals surface area contributed by atoms with Gasteiger partial charge in [-0.15, -0.1) is 11.6 Å². The molecular formula is C12H21ClN2O2. The molecule has 1 aliphatic rings. The van der Waals surface area contributed by atoms with Crippen LogP contribution in [0.1, 0.15) is 44.9 Å². The summed E-state index contributed by atoms with van der Waals surface area (Å²) in [6.07, 6.45) is 7.70. The lowest BCUT2D eigenvalue weighted by molar-refractivity contribution is -0.119. The highest BCUT2D eigenvalue weighted by Gasteiger charge is 2.13. The Morgan fingerprint density at radius 3 is 2.53 bits per heavy atom. The molecule has 0 heterocycles. The molecule has 17 heavy (non-hydrogen) atoms. The lowest BCUT2D eigenvalue weighted by atomic mass is 9.87. The molecule has 0 atom stereocenters. The van der Waals surface area contributed by atoms with Gasteiger partial charge in [-0.25, -0.2) is 4.79 Å². The van der Waals surface area contributed by atoms with Crippen LogP contribution >= 0.6 is 11.6 Å². The van der Waals surface area contributed by atoms with E-state index >= 15 is 0 Å². The first-order valence-electron chi connectivity index (χ1n) is 6.36. The molecule has 0 unspecified atom stereocenters. The first-order chi connectivity index (χ1) is 8.22. The highest BCUT2D eigenvalue weighted by atomic mass is 35.5. The van der Waals surface area contributed by atoms with E-state index in [-0.39, 0.29) is 18.2 Å². The van der Waals surface area contributed by atoms with Gasteiger partial charge < -0.3 is 5.32 Å². The summed E-state index contributed by atoms with van der Waals surface area (Å²) in [4.78, 5) is 22.3. The fraction of sp³-hybridized carbons (Fsp3) is 0.833. The summed E-state index contributed by atoms with van der Waals surface area (Å²) in [7, 11) is 0. The molecule has 0 aromatic heterocycles. The number of nitrogens with one attached hydrogen (secondary N) is 2. The highest BCUT2D eigenvalue weighted by Crippen LogP contribution is 2.25. The van der Waals surface area contributed by atoms with Crippen LogP contribution in [0.2, 0.25) is 0 Å². The van der Waals surface area contributed by atoms with Gasteiger partial charge in [-0.05, 0) is 12.3 Å². The van der Waals surface area contributed by atoms with Gasteiger partial charge in [0.1, 0.15) is 0 Å². The number of halogens is 1. The monoisotopic (exact) mass is 260 g/mol. The first kappa shape index (κ1) is 14.3. The van der Waals surface area contributed by atoms with Crippen LogP contribution in [0.15, 0.2) is 0 Å². The van der Waals surface area contributed by atoms with Crippen molar-refractivity contribution in [3.8, 4) is 0 Å². The van der Waals surface area contributed by atoms with Crippen LogP contribution in [0, 0.1) is 5.92 Å². The Kier molecular flexibility index (Phi) is 7.01. The predicted molar refractivity (Wildman–Crippen MR) is 68.1 cm³/mol. The highest BCUT2D eigenvalue weighted by molar-refractivity contribution is 6.19. The van der Waals surface area contributed by atoms with Gasteiger partial charge in [0.15, 0.2) is 0 Å². The van der Waals surface area contributed by atoms with Gasteiger partial charge in [0, 0.05) is 18.8 Å². The molecule has 0 radical (unpaired) electrons. The Bertz CT molecular complexity index is 253. The van der Waals surface area contributed by atoms with E-state index in [1.54, 1.807) is 0 Å². The van der Waals surface area contributed by atoms with Crippen molar-refractivity contribution in [2.45, 2.75) is 44.9 Å². The second-order valence-electron chi connectivity index (χ2n) is 4.54. The maximum Gasteiger partial charge on any atom is 0.321 e. The molecule has 1 fully saturated rings. The molecule has 3 amide bonds. The van der Waals surface area contributed by atoms with Crippen molar-refractivity contribution in [1.29, 1.82) is 0 Å². The summed E-state index contributed by atoms with van der Waals surface area (Å²) < 4.78 is 0. The fourth-order valence-electron chi connectivity index (χ4n) is 2.18. The quantitative estimate of drug-likeness (QED) is 0.746. The third kappa shape index (κ3) is 6.51. The largest absolute Gasteiger partial charge is 0.338 e. The Labute approximate surface area is 107 Å². The lowest BCUT2D eigenvalue weighted by Crippen LogP contribution is -2.40. The third-order valence-corrected chi connectivity index (χ3v) is 3.33. The number of imide groups is 1. The van der Waals surface area contributed by atoms with E-state index in [9.17, 15) is 9.59 Å². The summed E-state index contributed by atoms with van der Waals surface area (Å²) in [6, 6.07) is -0.407. The smallest absolute Gasteiger partial charge is 0.321 e. The molecule has 0 aliphatic heterocycles. The van der Waals surface area contributed by atoms with Crippen LogP contribution in [-0.2, 0) is 4.79 Å². The van der Waals surface area contributed by atoms with Crippen molar-refractivity contribution in [3.05, 3.63) is 0 Å². The minimum atomic E-state index is -0.407. The molecule has 0 saturated heterocycles. The van der Waals surface area contributed by atoms with Crippen LogP contribution in [0.25, 0.3) is 0 Å². The van der Waals surface area contributed by atoms with Crippen LogP contribution in [0.3, 0.4) is 0 Å². The zero-order valence-electron chi connectivity index (χ0n) is 10.1. The zero-order chi connectivity index (χ0) is 12.5. The van der Waals surface area contributed by atoms with E-state index in [1.807, 2.05) is 0 Å². The van der Waals surface area contributed by atoms with Crippen LogP contribution in [-0.4, -0.2) is 24.4 Å². The Hall–Kier alpha value is -0.770. The van der Waals surface area contributed by atoms with Crippen LogP contribution in [0.4, 0.5) is 4.79 Å². The fourth-order valence-corrected chi connectivity index (χ4v) is 2.36. The standard InChI is InChI=1S/C12H21ClN2O2/c13-8-6-11(16)15-12(17)14-9-7-10-4-2-1-3-5-10/h10H,1-9H2,(H2,14,15,16,17). The van der Waals surface area contributed by atoms with Gasteiger partial charge in [0.25, 0.3) is 0 Å². The van der Waals surface area contributed by atoms with Crippen molar-refractivity contribution in [3.63, 3.8) is 0 Å². The predicted octanol–water partition coefficient (Wildman–Crippen LogP) is 2.41.